The van der Waals surface area contributed by atoms with Crippen molar-refractivity contribution in [3.63, 3.8) is 0 Å². The molecule has 0 saturated carbocycles. The number of benzene rings is 2. The third-order valence-electron chi connectivity index (χ3n) is 3.34. The van der Waals surface area contributed by atoms with Crippen LogP contribution < -0.4 is 9.47 Å². The lowest BCUT2D eigenvalue weighted by atomic mass is 10.1. The van der Waals surface area contributed by atoms with Gasteiger partial charge in [0.1, 0.15) is 24.2 Å². The van der Waals surface area contributed by atoms with Crippen molar-refractivity contribution in [1.29, 1.82) is 0 Å². The van der Waals surface area contributed by atoms with E-state index in [2.05, 4.69) is 66.0 Å². The third kappa shape index (κ3) is 3.46. The second-order valence-corrected chi connectivity index (χ2v) is 7.15. The lowest BCUT2D eigenvalue weighted by Crippen LogP contribution is -2.22. The van der Waals surface area contributed by atoms with Crippen molar-refractivity contribution in [1.82, 2.24) is 0 Å². The molecule has 0 aromatic heterocycles. The Morgan fingerprint density at radius 2 is 1.86 bits per heavy atom. The summed E-state index contributed by atoms with van der Waals surface area (Å²) < 4.78 is 13.7. The number of halogens is 3. The van der Waals surface area contributed by atoms with Crippen LogP contribution in [0.25, 0.3) is 0 Å². The summed E-state index contributed by atoms with van der Waals surface area (Å²) in [5.41, 5.74) is 2.43. The van der Waals surface area contributed by atoms with Crippen molar-refractivity contribution in [2.75, 3.05) is 6.61 Å². The van der Waals surface area contributed by atoms with Crippen LogP contribution in [-0.4, -0.2) is 12.7 Å². The Morgan fingerprint density at radius 3 is 2.52 bits per heavy atom. The molecule has 2 aromatic rings. The fourth-order valence-electron chi connectivity index (χ4n) is 2.35. The maximum Gasteiger partial charge on any atom is 0.147 e. The standard InChI is InChI=1S/C16H13Br3O2/c17-8-10-5-13(18)16(14(19)6-10)20-9-12-7-11-3-1-2-4-15(11)21-12/h1-6,12H,7-9H2. The first kappa shape index (κ1) is 15.4. The van der Waals surface area contributed by atoms with Crippen molar-refractivity contribution in [3.05, 3.63) is 56.5 Å². The van der Waals surface area contributed by atoms with Crippen LogP contribution in [0.1, 0.15) is 11.1 Å². The van der Waals surface area contributed by atoms with E-state index in [1.165, 1.54) is 11.1 Å². The van der Waals surface area contributed by atoms with Gasteiger partial charge in [0.05, 0.1) is 8.95 Å². The summed E-state index contributed by atoms with van der Waals surface area (Å²) in [6.45, 7) is 0.527. The Labute approximate surface area is 149 Å². The summed E-state index contributed by atoms with van der Waals surface area (Å²) in [6.07, 6.45) is 0.960. The molecule has 1 atom stereocenters. The normalized spacial score (nSPS) is 16.4. The van der Waals surface area contributed by atoms with Gasteiger partial charge in [0.2, 0.25) is 0 Å². The summed E-state index contributed by atoms with van der Waals surface area (Å²) in [4.78, 5) is 0. The molecule has 0 radical (unpaired) electrons. The maximum absolute atomic E-state index is 5.95. The molecule has 0 spiro atoms. The third-order valence-corrected chi connectivity index (χ3v) is 5.17. The molecule has 110 valence electrons. The van der Waals surface area contributed by atoms with E-state index in [0.29, 0.717) is 6.61 Å². The SMILES string of the molecule is BrCc1cc(Br)c(OCC2Cc3ccccc3O2)c(Br)c1. The molecule has 0 saturated heterocycles. The summed E-state index contributed by atoms with van der Waals surface area (Å²) in [6, 6.07) is 12.3. The minimum Gasteiger partial charge on any atom is -0.487 e. The smallest absolute Gasteiger partial charge is 0.147 e. The number of hydrogen-bond acceptors (Lipinski definition) is 2. The number of ether oxygens (including phenoxy) is 2. The van der Waals surface area contributed by atoms with E-state index >= 15 is 0 Å². The highest BCUT2D eigenvalue weighted by atomic mass is 79.9. The fraction of sp³-hybridized carbons (Fsp3) is 0.250. The molecular weight excluding hydrogens is 464 g/mol. The Morgan fingerprint density at radius 1 is 1.14 bits per heavy atom. The molecule has 2 aromatic carbocycles. The van der Waals surface area contributed by atoms with Crippen LogP contribution in [0.15, 0.2) is 45.3 Å². The molecule has 0 N–H and O–H groups in total. The maximum atomic E-state index is 5.95. The van der Waals surface area contributed by atoms with E-state index in [0.717, 1.165) is 32.2 Å². The minimum absolute atomic E-state index is 0.0667. The molecule has 21 heavy (non-hydrogen) atoms. The molecule has 3 rings (SSSR count). The van der Waals surface area contributed by atoms with Crippen LogP contribution in [0.2, 0.25) is 0 Å². The van der Waals surface area contributed by atoms with E-state index < -0.39 is 0 Å². The largest absolute Gasteiger partial charge is 0.487 e. The zero-order chi connectivity index (χ0) is 14.8. The average molecular weight is 477 g/mol. The molecule has 0 bridgehead atoms. The number of rotatable bonds is 4. The van der Waals surface area contributed by atoms with Crippen molar-refractivity contribution >= 4 is 47.8 Å². The van der Waals surface area contributed by atoms with Gasteiger partial charge in [0.15, 0.2) is 0 Å². The van der Waals surface area contributed by atoms with Crippen molar-refractivity contribution < 1.29 is 9.47 Å². The molecule has 0 aliphatic carbocycles. The molecule has 0 fully saturated rings. The highest BCUT2D eigenvalue weighted by molar-refractivity contribution is 9.11. The van der Waals surface area contributed by atoms with Gasteiger partial charge in [-0.2, -0.15) is 0 Å². The number of para-hydroxylation sites is 1. The van der Waals surface area contributed by atoms with E-state index in [-0.39, 0.29) is 6.10 Å². The average Bonchev–Trinajstić information content (AvgIpc) is 2.88. The number of hydrogen-bond donors (Lipinski definition) is 0. The summed E-state index contributed by atoms with van der Waals surface area (Å²) in [5.74, 6) is 1.79. The Hall–Kier alpha value is -0.520. The van der Waals surface area contributed by atoms with Gasteiger partial charge in [0, 0.05) is 11.8 Å². The van der Waals surface area contributed by atoms with Crippen LogP contribution in [0.4, 0.5) is 0 Å². The number of alkyl halides is 1. The van der Waals surface area contributed by atoms with Gasteiger partial charge in [-0.15, -0.1) is 0 Å². The summed E-state index contributed by atoms with van der Waals surface area (Å²) in [7, 11) is 0. The topological polar surface area (TPSA) is 18.5 Å². The Kier molecular flexibility index (Phi) is 4.92. The van der Waals surface area contributed by atoms with Gasteiger partial charge < -0.3 is 9.47 Å². The van der Waals surface area contributed by atoms with Crippen LogP contribution in [0, 0.1) is 0 Å². The first-order valence-corrected chi connectivity index (χ1v) is 9.29. The van der Waals surface area contributed by atoms with Crippen molar-refractivity contribution in [2.24, 2.45) is 0 Å². The van der Waals surface area contributed by atoms with Gasteiger partial charge in [-0.05, 0) is 61.2 Å². The molecule has 5 heteroatoms. The van der Waals surface area contributed by atoms with Crippen molar-refractivity contribution in [2.45, 2.75) is 17.9 Å². The second-order valence-electron chi connectivity index (χ2n) is 4.88. The van der Waals surface area contributed by atoms with E-state index in [1.54, 1.807) is 0 Å². The first-order chi connectivity index (χ1) is 10.2. The van der Waals surface area contributed by atoms with Gasteiger partial charge >= 0.3 is 0 Å². The van der Waals surface area contributed by atoms with Crippen LogP contribution in [0.5, 0.6) is 11.5 Å². The Balaban J connectivity index is 1.67. The van der Waals surface area contributed by atoms with Crippen molar-refractivity contribution in [3.8, 4) is 11.5 Å². The molecule has 1 aliphatic rings. The molecule has 1 heterocycles. The molecular formula is C16H13Br3O2. The second kappa shape index (κ2) is 6.71. The molecule has 2 nitrogen and oxygen atoms in total. The van der Waals surface area contributed by atoms with Crippen LogP contribution in [0.3, 0.4) is 0 Å². The highest BCUT2D eigenvalue weighted by Crippen LogP contribution is 2.36. The molecule has 0 amide bonds. The predicted molar refractivity (Wildman–Crippen MR) is 94.5 cm³/mol. The van der Waals surface area contributed by atoms with Gasteiger partial charge in [-0.1, -0.05) is 34.1 Å². The number of fused-ring (bicyclic) bond motifs is 1. The summed E-state index contributed by atoms with van der Waals surface area (Å²) in [5, 5.41) is 0.811. The predicted octanol–water partition coefficient (Wildman–Crippen LogP) is 5.49. The first-order valence-electron chi connectivity index (χ1n) is 6.58. The van der Waals surface area contributed by atoms with Crippen LogP contribution >= 0.6 is 47.8 Å². The lowest BCUT2D eigenvalue weighted by Gasteiger charge is -2.15. The molecule has 1 aliphatic heterocycles. The van der Waals surface area contributed by atoms with Crippen LogP contribution in [-0.2, 0) is 11.8 Å². The minimum atomic E-state index is 0.0667. The van der Waals surface area contributed by atoms with E-state index in [9.17, 15) is 0 Å². The van der Waals surface area contributed by atoms with Gasteiger partial charge in [-0.3, -0.25) is 0 Å². The van der Waals surface area contributed by atoms with Gasteiger partial charge in [0.25, 0.3) is 0 Å². The zero-order valence-electron chi connectivity index (χ0n) is 11.1. The lowest BCUT2D eigenvalue weighted by molar-refractivity contribution is 0.147. The highest BCUT2D eigenvalue weighted by Gasteiger charge is 2.23. The summed E-state index contributed by atoms with van der Waals surface area (Å²) >= 11 is 10.6. The van der Waals surface area contributed by atoms with E-state index in [4.69, 9.17) is 9.47 Å². The zero-order valence-corrected chi connectivity index (χ0v) is 15.9. The van der Waals surface area contributed by atoms with Gasteiger partial charge in [-0.25, -0.2) is 0 Å². The molecule has 1 unspecified atom stereocenters. The quantitative estimate of drug-likeness (QED) is 0.543. The monoisotopic (exact) mass is 474 g/mol. The Bertz CT molecular complexity index is 610. The van der Waals surface area contributed by atoms with E-state index in [1.807, 2.05) is 18.2 Å². The fourth-order valence-corrected chi connectivity index (χ4v) is 4.18.